The van der Waals surface area contributed by atoms with Crippen LogP contribution in [0.4, 0.5) is 4.79 Å². The van der Waals surface area contributed by atoms with E-state index < -0.39 is 0 Å². The molecule has 0 N–H and O–H groups in total. The van der Waals surface area contributed by atoms with Gasteiger partial charge in [0.25, 0.3) is 5.91 Å². The minimum absolute atomic E-state index is 0.0287. The van der Waals surface area contributed by atoms with Crippen molar-refractivity contribution in [1.29, 1.82) is 0 Å². The van der Waals surface area contributed by atoms with Crippen molar-refractivity contribution in [3.63, 3.8) is 0 Å². The van der Waals surface area contributed by atoms with Crippen molar-refractivity contribution in [1.82, 2.24) is 9.80 Å². The average molecular weight is 196 g/mol. The third kappa shape index (κ3) is 1.29. The van der Waals surface area contributed by atoms with Gasteiger partial charge >= 0.3 is 6.03 Å². The zero-order chi connectivity index (χ0) is 10.1. The maximum atomic E-state index is 11.8. The SMILES string of the molecule is CCCCN1C(=O)C2CCCN2C1=O. The van der Waals surface area contributed by atoms with Gasteiger partial charge in [0.15, 0.2) is 0 Å². The summed E-state index contributed by atoms with van der Waals surface area (Å²) in [6.07, 6.45) is 3.76. The Morgan fingerprint density at radius 3 is 2.86 bits per heavy atom. The van der Waals surface area contributed by atoms with E-state index in [1.165, 1.54) is 4.90 Å². The van der Waals surface area contributed by atoms with Gasteiger partial charge in [0.05, 0.1) is 0 Å². The molecule has 2 saturated heterocycles. The van der Waals surface area contributed by atoms with E-state index in [-0.39, 0.29) is 18.0 Å². The quantitative estimate of drug-likeness (QED) is 0.637. The number of carbonyl (C=O) groups is 2. The van der Waals surface area contributed by atoms with Gasteiger partial charge in [-0.3, -0.25) is 9.69 Å². The minimum atomic E-state index is -0.126. The van der Waals surface area contributed by atoms with Gasteiger partial charge < -0.3 is 4.90 Å². The van der Waals surface area contributed by atoms with Crippen molar-refractivity contribution in [2.75, 3.05) is 13.1 Å². The molecule has 0 radical (unpaired) electrons. The zero-order valence-corrected chi connectivity index (χ0v) is 8.53. The second kappa shape index (κ2) is 3.59. The molecule has 0 bridgehead atoms. The summed E-state index contributed by atoms with van der Waals surface area (Å²) in [5.74, 6) is 0.0287. The fourth-order valence-electron chi connectivity index (χ4n) is 2.20. The van der Waals surface area contributed by atoms with E-state index in [1.54, 1.807) is 4.90 Å². The Morgan fingerprint density at radius 2 is 2.21 bits per heavy atom. The van der Waals surface area contributed by atoms with E-state index in [2.05, 4.69) is 6.92 Å². The van der Waals surface area contributed by atoms with Crippen LogP contribution in [0.3, 0.4) is 0 Å². The Balaban J connectivity index is 2.06. The first kappa shape index (κ1) is 9.49. The van der Waals surface area contributed by atoms with Crippen LogP contribution in [0.25, 0.3) is 0 Å². The van der Waals surface area contributed by atoms with Crippen LogP contribution in [0.2, 0.25) is 0 Å². The number of fused-ring (bicyclic) bond motifs is 1. The molecule has 2 fully saturated rings. The van der Waals surface area contributed by atoms with Crippen LogP contribution in [-0.4, -0.2) is 40.9 Å². The molecule has 14 heavy (non-hydrogen) atoms. The third-order valence-electron chi connectivity index (χ3n) is 3.02. The maximum Gasteiger partial charge on any atom is 0.327 e. The minimum Gasteiger partial charge on any atom is -0.312 e. The number of amides is 3. The summed E-state index contributed by atoms with van der Waals surface area (Å²) in [4.78, 5) is 26.6. The highest BCUT2D eigenvalue weighted by molar-refractivity contribution is 6.04. The van der Waals surface area contributed by atoms with Crippen molar-refractivity contribution in [3.8, 4) is 0 Å². The maximum absolute atomic E-state index is 11.8. The Bertz CT molecular complexity index is 243. The molecule has 1 atom stereocenters. The summed E-state index contributed by atoms with van der Waals surface area (Å²) in [6, 6.07) is -0.190. The molecule has 4 nitrogen and oxygen atoms in total. The van der Waals surface area contributed by atoms with Crippen molar-refractivity contribution in [2.24, 2.45) is 0 Å². The van der Waals surface area contributed by atoms with Crippen LogP contribution in [0, 0.1) is 0 Å². The van der Waals surface area contributed by atoms with Gasteiger partial charge in [-0.2, -0.15) is 0 Å². The highest BCUT2D eigenvalue weighted by Crippen LogP contribution is 2.27. The molecular formula is C10H16N2O2. The molecule has 2 rings (SSSR count). The Kier molecular flexibility index (Phi) is 2.44. The number of hydrogen-bond acceptors (Lipinski definition) is 2. The largest absolute Gasteiger partial charge is 0.327 e. The lowest BCUT2D eigenvalue weighted by atomic mass is 10.2. The number of imide groups is 1. The number of rotatable bonds is 3. The van der Waals surface area contributed by atoms with Crippen LogP contribution in [0.15, 0.2) is 0 Å². The monoisotopic (exact) mass is 196 g/mol. The standard InChI is InChI=1S/C10H16N2O2/c1-2-3-6-12-9(13)8-5-4-7-11(8)10(12)14/h8H,2-7H2,1H3. The molecule has 0 aromatic heterocycles. The summed E-state index contributed by atoms with van der Waals surface area (Å²) >= 11 is 0. The lowest BCUT2D eigenvalue weighted by Crippen LogP contribution is -2.33. The fraction of sp³-hybridized carbons (Fsp3) is 0.800. The van der Waals surface area contributed by atoms with Crippen LogP contribution in [0.5, 0.6) is 0 Å². The first-order valence-corrected chi connectivity index (χ1v) is 5.37. The molecule has 2 aliphatic heterocycles. The van der Waals surface area contributed by atoms with Gasteiger partial charge in [0, 0.05) is 13.1 Å². The van der Waals surface area contributed by atoms with E-state index in [4.69, 9.17) is 0 Å². The van der Waals surface area contributed by atoms with Gasteiger partial charge in [-0.25, -0.2) is 4.79 Å². The third-order valence-corrected chi connectivity index (χ3v) is 3.02. The van der Waals surface area contributed by atoms with E-state index in [0.29, 0.717) is 6.54 Å². The van der Waals surface area contributed by atoms with Gasteiger partial charge in [0.2, 0.25) is 0 Å². The number of carbonyl (C=O) groups excluding carboxylic acids is 2. The Labute approximate surface area is 83.9 Å². The van der Waals surface area contributed by atoms with Gasteiger partial charge in [-0.05, 0) is 19.3 Å². The molecule has 0 saturated carbocycles. The predicted octanol–water partition coefficient (Wildman–Crippen LogP) is 1.21. The van der Waals surface area contributed by atoms with Crippen molar-refractivity contribution in [3.05, 3.63) is 0 Å². The van der Waals surface area contributed by atoms with Crippen molar-refractivity contribution in [2.45, 2.75) is 38.6 Å². The van der Waals surface area contributed by atoms with Crippen LogP contribution < -0.4 is 0 Å². The van der Waals surface area contributed by atoms with Crippen LogP contribution >= 0.6 is 0 Å². The second-order valence-corrected chi connectivity index (χ2v) is 3.98. The first-order chi connectivity index (χ1) is 6.75. The van der Waals surface area contributed by atoms with E-state index in [0.717, 1.165) is 32.2 Å². The van der Waals surface area contributed by atoms with Crippen molar-refractivity contribution < 1.29 is 9.59 Å². The summed E-state index contributed by atoms with van der Waals surface area (Å²) in [6.45, 7) is 3.42. The molecule has 2 heterocycles. The van der Waals surface area contributed by atoms with Crippen LogP contribution in [0.1, 0.15) is 32.6 Å². The highest BCUT2D eigenvalue weighted by Gasteiger charge is 2.46. The van der Waals surface area contributed by atoms with Gasteiger partial charge in [-0.15, -0.1) is 0 Å². The molecule has 0 aliphatic carbocycles. The summed E-state index contributed by atoms with van der Waals surface area (Å²) in [5.41, 5.74) is 0. The van der Waals surface area contributed by atoms with Crippen LogP contribution in [-0.2, 0) is 4.79 Å². The molecule has 4 heteroatoms. The van der Waals surface area contributed by atoms with Gasteiger partial charge in [0.1, 0.15) is 6.04 Å². The highest BCUT2D eigenvalue weighted by atomic mass is 16.2. The van der Waals surface area contributed by atoms with E-state index in [9.17, 15) is 9.59 Å². The molecule has 2 aliphatic rings. The molecule has 0 aromatic rings. The molecule has 78 valence electrons. The second-order valence-electron chi connectivity index (χ2n) is 3.98. The molecule has 1 unspecified atom stereocenters. The molecular weight excluding hydrogens is 180 g/mol. The summed E-state index contributed by atoms with van der Waals surface area (Å²) in [7, 11) is 0. The predicted molar refractivity (Wildman–Crippen MR) is 51.7 cm³/mol. The fourth-order valence-corrected chi connectivity index (χ4v) is 2.20. The van der Waals surface area contributed by atoms with E-state index >= 15 is 0 Å². The summed E-state index contributed by atoms with van der Waals surface area (Å²) < 4.78 is 0. The first-order valence-electron chi connectivity index (χ1n) is 5.37. The van der Waals surface area contributed by atoms with Gasteiger partial charge in [-0.1, -0.05) is 13.3 Å². The number of urea groups is 1. The number of nitrogens with zero attached hydrogens (tertiary/aromatic N) is 2. The Hall–Kier alpha value is -1.06. The molecule has 0 aromatic carbocycles. The molecule has 3 amide bonds. The lowest BCUT2D eigenvalue weighted by Gasteiger charge is -2.14. The topological polar surface area (TPSA) is 40.6 Å². The van der Waals surface area contributed by atoms with E-state index in [1.807, 2.05) is 0 Å². The number of hydrogen-bond donors (Lipinski definition) is 0. The Morgan fingerprint density at radius 1 is 1.43 bits per heavy atom. The summed E-state index contributed by atoms with van der Waals surface area (Å²) in [5, 5.41) is 0. The normalized spacial score (nSPS) is 26.2. The van der Waals surface area contributed by atoms with Crippen molar-refractivity contribution >= 4 is 11.9 Å². The lowest BCUT2D eigenvalue weighted by molar-refractivity contribution is -0.128. The smallest absolute Gasteiger partial charge is 0.312 e. The number of unbranched alkanes of at least 4 members (excludes halogenated alkanes) is 1. The average Bonchev–Trinajstić information content (AvgIpc) is 2.72. The zero-order valence-electron chi connectivity index (χ0n) is 8.53. The molecule has 0 spiro atoms.